The molecular weight excluding hydrogens is 365 g/mol. The van der Waals surface area contributed by atoms with Crippen molar-refractivity contribution in [2.24, 2.45) is 0 Å². The average molecular weight is 385 g/mol. The summed E-state index contributed by atoms with van der Waals surface area (Å²) < 4.78 is 30.3. The van der Waals surface area contributed by atoms with Gasteiger partial charge in [-0.25, -0.2) is 19.2 Å². The molecule has 0 bridgehead atoms. The zero-order valence-electron chi connectivity index (χ0n) is 15.4. The predicted octanol–water partition coefficient (Wildman–Crippen LogP) is 2.96. The fraction of sp³-hybridized carbons (Fsp3) is 0.350. The van der Waals surface area contributed by atoms with Crippen LogP contribution < -0.4 is 5.73 Å². The Labute approximate surface area is 161 Å². The first-order valence-corrected chi connectivity index (χ1v) is 8.99. The summed E-state index contributed by atoms with van der Waals surface area (Å²) in [5.74, 6) is -1.77. The van der Waals surface area contributed by atoms with Crippen LogP contribution in [0.15, 0.2) is 30.5 Å². The third kappa shape index (κ3) is 3.36. The highest BCUT2D eigenvalue weighted by atomic mass is 19.1. The highest BCUT2D eigenvalue weighted by molar-refractivity contribution is 5.90. The molecule has 2 aromatic rings. The number of allylic oxidation sites excluding steroid dienone is 1. The Balaban J connectivity index is 1.64. The summed E-state index contributed by atoms with van der Waals surface area (Å²) in [6, 6.07) is 4.13. The third-order valence-electron chi connectivity index (χ3n) is 5.03. The minimum Gasteiger partial charge on any atom is -0.465 e. The summed E-state index contributed by atoms with van der Waals surface area (Å²) in [7, 11) is 1.20. The molecule has 2 aliphatic rings. The number of ether oxygens (including phenoxy) is 3. The summed E-state index contributed by atoms with van der Waals surface area (Å²) >= 11 is 0. The van der Waals surface area contributed by atoms with Crippen molar-refractivity contribution >= 4 is 17.4 Å². The number of nitrogens with zero attached hydrogens (tertiary/aromatic N) is 2. The van der Waals surface area contributed by atoms with Crippen LogP contribution >= 0.6 is 0 Å². The summed E-state index contributed by atoms with van der Waals surface area (Å²) in [6.45, 7) is 1.23. The molecule has 0 atom stereocenters. The number of nitrogens with two attached hydrogens (primary N) is 1. The van der Waals surface area contributed by atoms with Crippen LogP contribution in [0.2, 0.25) is 0 Å². The number of benzene rings is 1. The molecule has 1 aliphatic heterocycles. The Kier molecular flexibility index (Phi) is 4.82. The van der Waals surface area contributed by atoms with Gasteiger partial charge in [-0.2, -0.15) is 0 Å². The number of hydrogen-bond donors (Lipinski definition) is 1. The normalized spacial score (nSPS) is 18.1. The molecule has 1 aliphatic carbocycles. The van der Waals surface area contributed by atoms with E-state index in [9.17, 15) is 9.18 Å². The minimum absolute atomic E-state index is 0.147. The van der Waals surface area contributed by atoms with E-state index < -0.39 is 17.6 Å². The summed E-state index contributed by atoms with van der Waals surface area (Å²) in [5, 5.41) is 0. The number of hydrogen-bond acceptors (Lipinski definition) is 7. The molecule has 1 spiro atoms. The van der Waals surface area contributed by atoms with Crippen LogP contribution in [-0.2, 0) is 14.2 Å². The van der Waals surface area contributed by atoms with E-state index in [0.717, 1.165) is 18.4 Å². The van der Waals surface area contributed by atoms with Gasteiger partial charge in [0.05, 0.1) is 37.8 Å². The summed E-state index contributed by atoms with van der Waals surface area (Å²) in [4.78, 5) is 20.4. The van der Waals surface area contributed by atoms with E-state index in [-0.39, 0.29) is 11.4 Å². The standard InChI is InChI=1S/C20H20FN3O4/c1-26-19(25)14-3-2-13(10-15(14)21)17-18(22)23-11-16(24-17)12-4-6-20(7-5-12)27-8-9-28-20/h2-4,10-11H,5-9H2,1H3,(H2,22,23). The summed E-state index contributed by atoms with van der Waals surface area (Å²) in [5.41, 5.74) is 8.32. The van der Waals surface area contributed by atoms with Gasteiger partial charge in [0.15, 0.2) is 5.79 Å². The van der Waals surface area contributed by atoms with Gasteiger partial charge < -0.3 is 19.9 Å². The fourth-order valence-electron chi connectivity index (χ4n) is 3.50. The maximum absolute atomic E-state index is 14.3. The number of methoxy groups -OCH3 is 1. The van der Waals surface area contributed by atoms with Crippen LogP contribution in [0.3, 0.4) is 0 Å². The van der Waals surface area contributed by atoms with Crippen molar-refractivity contribution < 1.29 is 23.4 Å². The lowest BCUT2D eigenvalue weighted by Crippen LogP contribution is -2.31. The number of aromatic nitrogens is 2. The van der Waals surface area contributed by atoms with E-state index in [1.807, 2.05) is 6.08 Å². The largest absolute Gasteiger partial charge is 0.465 e. The van der Waals surface area contributed by atoms with Gasteiger partial charge in [0.2, 0.25) is 0 Å². The van der Waals surface area contributed by atoms with Crippen LogP contribution in [0.5, 0.6) is 0 Å². The molecule has 4 rings (SSSR count). The SMILES string of the molecule is COC(=O)c1ccc(-c2nc(C3=CCC4(CC3)OCCO4)cnc2N)cc1F. The first-order chi connectivity index (χ1) is 13.5. The van der Waals surface area contributed by atoms with Crippen LogP contribution in [0, 0.1) is 5.82 Å². The predicted molar refractivity (Wildman–Crippen MR) is 99.6 cm³/mol. The molecule has 1 saturated heterocycles. The molecule has 28 heavy (non-hydrogen) atoms. The van der Waals surface area contributed by atoms with Crippen LogP contribution in [0.1, 0.15) is 35.3 Å². The van der Waals surface area contributed by atoms with Crippen molar-refractivity contribution in [2.45, 2.75) is 25.0 Å². The maximum atomic E-state index is 14.3. The van der Waals surface area contributed by atoms with Gasteiger partial charge in [-0.05, 0) is 24.1 Å². The molecule has 146 valence electrons. The number of rotatable bonds is 3. The van der Waals surface area contributed by atoms with Crippen molar-refractivity contribution in [2.75, 3.05) is 26.1 Å². The quantitative estimate of drug-likeness (QED) is 0.812. The zero-order chi connectivity index (χ0) is 19.7. The zero-order valence-corrected chi connectivity index (χ0v) is 15.4. The third-order valence-corrected chi connectivity index (χ3v) is 5.03. The van der Waals surface area contributed by atoms with Gasteiger partial charge in [-0.15, -0.1) is 0 Å². The van der Waals surface area contributed by atoms with Gasteiger partial charge in [-0.3, -0.25) is 0 Å². The second-order valence-corrected chi connectivity index (χ2v) is 6.72. The van der Waals surface area contributed by atoms with E-state index in [2.05, 4.69) is 14.7 Å². The highest BCUT2D eigenvalue weighted by Gasteiger charge is 2.38. The van der Waals surface area contributed by atoms with Gasteiger partial charge in [-0.1, -0.05) is 12.1 Å². The van der Waals surface area contributed by atoms with Crippen molar-refractivity contribution in [1.29, 1.82) is 0 Å². The Bertz CT molecular complexity index is 954. The second-order valence-electron chi connectivity index (χ2n) is 6.72. The van der Waals surface area contributed by atoms with Crippen LogP contribution in [0.25, 0.3) is 16.8 Å². The first kappa shape index (κ1) is 18.5. The monoisotopic (exact) mass is 385 g/mol. The molecular formula is C20H20FN3O4. The van der Waals surface area contributed by atoms with Crippen molar-refractivity contribution in [3.63, 3.8) is 0 Å². The molecule has 0 unspecified atom stereocenters. The highest BCUT2D eigenvalue weighted by Crippen LogP contribution is 2.38. The molecule has 0 radical (unpaired) electrons. The topological polar surface area (TPSA) is 96.6 Å². The number of carbonyl (C=O) groups excluding carboxylic acids is 1. The number of esters is 1. The molecule has 0 saturated carbocycles. The lowest BCUT2D eigenvalue weighted by atomic mass is 9.92. The van der Waals surface area contributed by atoms with Gasteiger partial charge in [0, 0.05) is 18.4 Å². The lowest BCUT2D eigenvalue weighted by molar-refractivity contribution is -0.159. The average Bonchev–Trinajstić information content (AvgIpc) is 3.16. The molecule has 0 amide bonds. The molecule has 8 heteroatoms. The van der Waals surface area contributed by atoms with E-state index in [1.165, 1.54) is 19.2 Å². The van der Waals surface area contributed by atoms with Crippen LogP contribution in [0.4, 0.5) is 10.2 Å². The maximum Gasteiger partial charge on any atom is 0.340 e. The van der Waals surface area contributed by atoms with Gasteiger partial charge in [0.25, 0.3) is 0 Å². The van der Waals surface area contributed by atoms with E-state index in [4.69, 9.17) is 15.2 Å². The molecule has 1 fully saturated rings. The number of halogens is 1. The first-order valence-electron chi connectivity index (χ1n) is 8.99. The molecule has 1 aromatic heterocycles. The number of carbonyl (C=O) groups is 1. The van der Waals surface area contributed by atoms with Gasteiger partial charge >= 0.3 is 5.97 Å². The van der Waals surface area contributed by atoms with Crippen molar-refractivity contribution in [1.82, 2.24) is 9.97 Å². The fourth-order valence-corrected chi connectivity index (χ4v) is 3.50. The van der Waals surface area contributed by atoms with Crippen molar-refractivity contribution in [3.05, 3.63) is 47.5 Å². The van der Waals surface area contributed by atoms with E-state index >= 15 is 0 Å². The second kappa shape index (κ2) is 7.29. The molecule has 2 heterocycles. The minimum atomic E-state index is -0.741. The smallest absolute Gasteiger partial charge is 0.340 e. The number of nitrogen functional groups attached to an aromatic ring is 1. The Hall–Kier alpha value is -2.84. The molecule has 2 N–H and O–H groups in total. The summed E-state index contributed by atoms with van der Waals surface area (Å²) in [6.07, 6.45) is 5.76. The van der Waals surface area contributed by atoms with E-state index in [0.29, 0.717) is 36.6 Å². The Morgan fingerprint density at radius 1 is 1.32 bits per heavy atom. The van der Waals surface area contributed by atoms with Crippen molar-refractivity contribution in [3.8, 4) is 11.3 Å². The van der Waals surface area contributed by atoms with E-state index in [1.54, 1.807) is 12.3 Å². The molecule has 1 aromatic carbocycles. The van der Waals surface area contributed by atoms with Gasteiger partial charge in [0.1, 0.15) is 17.3 Å². The molecule has 7 nitrogen and oxygen atoms in total. The van der Waals surface area contributed by atoms with Crippen LogP contribution in [-0.4, -0.2) is 42.0 Å². The Morgan fingerprint density at radius 2 is 2.11 bits per heavy atom. The number of anilines is 1. The Morgan fingerprint density at radius 3 is 2.75 bits per heavy atom. The lowest BCUT2D eigenvalue weighted by Gasteiger charge is -2.30.